The fraction of sp³-hybridized carbons (Fsp3) is 0.689. The summed E-state index contributed by atoms with van der Waals surface area (Å²) in [5.41, 5.74) is 0. The van der Waals surface area contributed by atoms with Crippen molar-refractivity contribution in [3.8, 4) is 0 Å². The first-order valence-corrected chi connectivity index (χ1v) is 27.7. The molecule has 0 radical (unpaired) electrons. The third-order valence-corrected chi connectivity index (χ3v) is 11.5. The molecule has 0 heterocycles. The average molecular weight is 931 g/mol. The quantitative estimate of drug-likeness (QED) is 0.0262. The summed E-state index contributed by atoms with van der Waals surface area (Å²) in [6.07, 6.45) is 72.4. The lowest BCUT2D eigenvalue weighted by molar-refractivity contribution is -0.167. The van der Waals surface area contributed by atoms with E-state index in [9.17, 15) is 14.4 Å². The van der Waals surface area contributed by atoms with Crippen LogP contribution in [-0.2, 0) is 28.6 Å². The van der Waals surface area contributed by atoms with Crippen molar-refractivity contribution in [2.45, 2.75) is 258 Å². The zero-order chi connectivity index (χ0) is 48.6. The van der Waals surface area contributed by atoms with E-state index in [-0.39, 0.29) is 31.1 Å². The van der Waals surface area contributed by atoms with E-state index in [0.29, 0.717) is 19.3 Å². The Hall–Kier alpha value is -3.67. The molecule has 0 unspecified atom stereocenters. The Labute approximate surface area is 413 Å². The Kier molecular flexibility index (Phi) is 51.9. The molecule has 6 nitrogen and oxygen atoms in total. The zero-order valence-electron chi connectivity index (χ0n) is 43.6. The van der Waals surface area contributed by atoms with Gasteiger partial charge in [-0.2, -0.15) is 0 Å². The van der Waals surface area contributed by atoms with Gasteiger partial charge in [-0.1, -0.05) is 208 Å². The molecule has 1 atom stereocenters. The fourth-order valence-corrected chi connectivity index (χ4v) is 7.37. The Morgan fingerprint density at radius 3 is 0.910 bits per heavy atom. The van der Waals surface area contributed by atoms with Crippen molar-refractivity contribution in [1.82, 2.24) is 0 Å². The van der Waals surface area contributed by atoms with E-state index in [1.165, 1.54) is 70.6 Å². The summed E-state index contributed by atoms with van der Waals surface area (Å²) < 4.78 is 16.8. The highest BCUT2D eigenvalue weighted by atomic mass is 16.6. The molecule has 0 aromatic carbocycles. The maximum Gasteiger partial charge on any atom is 0.306 e. The van der Waals surface area contributed by atoms with Crippen molar-refractivity contribution in [3.05, 3.63) is 97.2 Å². The monoisotopic (exact) mass is 931 g/mol. The van der Waals surface area contributed by atoms with E-state index in [0.717, 1.165) is 141 Å². The number of esters is 3. The first-order valence-electron chi connectivity index (χ1n) is 27.7. The van der Waals surface area contributed by atoms with Crippen LogP contribution in [0.3, 0.4) is 0 Å². The molecule has 0 aliphatic carbocycles. The first kappa shape index (κ1) is 63.3. The maximum absolute atomic E-state index is 12.8. The molecule has 0 aliphatic heterocycles. The van der Waals surface area contributed by atoms with Crippen molar-refractivity contribution in [2.24, 2.45) is 0 Å². The molecular formula is C61H102O6. The van der Waals surface area contributed by atoms with Gasteiger partial charge < -0.3 is 14.2 Å². The van der Waals surface area contributed by atoms with E-state index < -0.39 is 6.10 Å². The van der Waals surface area contributed by atoms with Crippen LogP contribution in [0.5, 0.6) is 0 Å². The predicted octanol–water partition coefficient (Wildman–Crippen LogP) is 18.5. The van der Waals surface area contributed by atoms with Gasteiger partial charge in [-0.3, -0.25) is 14.4 Å². The molecule has 0 aromatic heterocycles. The standard InChI is InChI=1S/C61H102O6/c1-4-7-10-13-16-19-22-25-28-29-30-31-34-36-39-42-45-48-51-54-60(63)66-57-58(67-61(64)55-52-49-46-43-40-37-33-27-24-21-18-15-12-9-6-3)56-65-59(62)53-50-47-44-41-38-35-32-26-23-20-17-14-11-8-5-2/h9,12,16-21,25-28,30-33,58H,4-8,10-11,13-15,22-24,29,34-57H2,1-3H3/b12-9-,19-16-,20-17-,21-18-,28-25-,31-30-,32-26-,33-27-/t58-/m1/s1. The Bertz CT molecular complexity index is 1350. The van der Waals surface area contributed by atoms with E-state index in [4.69, 9.17) is 14.2 Å². The minimum atomic E-state index is -0.799. The molecule has 0 rings (SSSR count). The second kappa shape index (κ2) is 54.9. The number of ether oxygens (including phenoxy) is 3. The van der Waals surface area contributed by atoms with Crippen LogP contribution < -0.4 is 0 Å². The van der Waals surface area contributed by atoms with Crippen LogP contribution in [-0.4, -0.2) is 37.2 Å². The predicted molar refractivity (Wildman–Crippen MR) is 288 cm³/mol. The number of hydrogen-bond acceptors (Lipinski definition) is 6. The van der Waals surface area contributed by atoms with E-state index in [2.05, 4.69) is 118 Å². The van der Waals surface area contributed by atoms with Crippen LogP contribution in [0.15, 0.2) is 97.2 Å². The Balaban J connectivity index is 4.46. The second-order valence-electron chi connectivity index (χ2n) is 18.1. The minimum Gasteiger partial charge on any atom is -0.462 e. The molecule has 0 N–H and O–H groups in total. The van der Waals surface area contributed by atoms with Gasteiger partial charge in [-0.15, -0.1) is 0 Å². The van der Waals surface area contributed by atoms with E-state index in [1.807, 2.05) is 0 Å². The first-order chi connectivity index (χ1) is 33.0. The van der Waals surface area contributed by atoms with Crippen LogP contribution in [0.1, 0.15) is 252 Å². The largest absolute Gasteiger partial charge is 0.462 e. The SMILES string of the molecule is CC/C=C\C/C=C\C/C=C\CCCCCCCC(=O)O[C@H](COC(=O)CCCCCCC/C=C\C/C=C\CCCCC)COC(=O)CCCCCCCC/C=C\C/C=C\C/C=C\CCCCC. The number of rotatable bonds is 49. The zero-order valence-corrected chi connectivity index (χ0v) is 43.6. The molecule has 0 saturated heterocycles. The molecule has 0 saturated carbocycles. The summed E-state index contributed by atoms with van der Waals surface area (Å²) in [6.45, 7) is 6.44. The van der Waals surface area contributed by atoms with Crippen LogP contribution in [0.2, 0.25) is 0 Å². The summed E-state index contributed by atoms with van der Waals surface area (Å²) in [4.78, 5) is 38.1. The van der Waals surface area contributed by atoms with Gasteiger partial charge in [-0.05, 0) is 122 Å². The molecule has 382 valence electrons. The molecule has 0 amide bonds. The van der Waals surface area contributed by atoms with Gasteiger partial charge >= 0.3 is 17.9 Å². The average Bonchev–Trinajstić information content (AvgIpc) is 3.33. The summed E-state index contributed by atoms with van der Waals surface area (Å²) in [7, 11) is 0. The maximum atomic E-state index is 12.8. The van der Waals surface area contributed by atoms with Crippen molar-refractivity contribution < 1.29 is 28.6 Å². The molecule has 0 aliphatic rings. The van der Waals surface area contributed by atoms with Crippen molar-refractivity contribution >= 4 is 17.9 Å². The van der Waals surface area contributed by atoms with Gasteiger partial charge in [0.15, 0.2) is 6.10 Å². The van der Waals surface area contributed by atoms with Crippen LogP contribution >= 0.6 is 0 Å². The number of hydrogen-bond donors (Lipinski definition) is 0. The number of unbranched alkanes of at least 4 members (excludes halogenated alkanes) is 22. The second-order valence-corrected chi connectivity index (χ2v) is 18.1. The van der Waals surface area contributed by atoms with E-state index >= 15 is 0 Å². The lowest BCUT2D eigenvalue weighted by atomic mass is 10.1. The highest BCUT2D eigenvalue weighted by Gasteiger charge is 2.19. The van der Waals surface area contributed by atoms with Gasteiger partial charge in [0, 0.05) is 19.3 Å². The summed E-state index contributed by atoms with van der Waals surface area (Å²) >= 11 is 0. The summed E-state index contributed by atoms with van der Waals surface area (Å²) in [5.74, 6) is -0.939. The third kappa shape index (κ3) is 53.2. The lowest BCUT2D eigenvalue weighted by Gasteiger charge is -2.18. The molecule has 0 aromatic rings. The third-order valence-electron chi connectivity index (χ3n) is 11.5. The topological polar surface area (TPSA) is 78.9 Å². The molecule has 6 heteroatoms. The number of carbonyl (C=O) groups excluding carboxylic acids is 3. The highest BCUT2D eigenvalue weighted by molar-refractivity contribution is 5.71. The molecule has 0 bridgehead atoms. The Morgan fingerprint density at radius 2 is 0.582 bits per heavy atom. The highest BCUT2D eigenvalue weighted by Crippen LogP contribution is 2.14. The van der Waals surface area contributed by atoms with Crippen molar-refractivity contribution in [2.75, 3.05) is 13.2 Å². The van der Waals surface area contributed by atoms with Crippen molar-refractivity contribution in [1.29, 1.82) is 0 Å². The number of allylic oxidation sites excluding steroid dienone is 16. The molecule has 0 spiro atoms. The molecule has 0 fully saturated rings. The van der Waals surface area contributed by atoms with Crippen molar-refractivity contribution in [3.63, 3.8) is 0 Å². The van der Waals surface area contributed by atoms with E-state index in [1.54, 1.807) is 0 Å². The summed E-state index contributed by atoms with van der Waals surface area (Å²) in [5, 5.41) is 0. The van der Waals surface area contributed by atoms with Gasteiger partial charge in [0.05, 0.1) is 0 Å². The van der Waals surface area contributed by atoms with Gasteiger partial charge in [-0.25, -0.2) is 0 Å². The van der Waals surface area contributed by atoms with Gasteiger partial charge in [0.1, 0.15) is 13.2 Å². The van der Waals surface area contributed by atoms with Crippen LogP contribution in [0.4, 0.5) is 0 Å². The van der Waals surface area contributed by atoms with Gasteiger partial charge in [0.2, 0.25) is 0 Å². The molecular weight excluding hydrogens is 829 g/mol. The normalized spacial score (nSPS) is 12.8. The number of carbonyl (C=O) groups is 3. The molecule has 67 heavy (non-hydrogen) atoms. The smallest absolute Gasteiger partial charge is 0.306 e. The van der Waals surface area contributed by atoms with Crippen LogP contribution in [0.25, 0.3) is 0 Å². The summed E-state index contributed by atoms with van der Waals surface area (Å²) in [6, 6.07) is 0. The fourth-order valence-electron chi connectivity index (χ4n) is 7.37. The lowest BCUT2D eigenvalue weighted by Crippen LogP contribution is -2.30. The van der Waals surface area contributed by atoms with Crippen LogP contribution in [0, 0.1) is 0 Å². The minimum absolute atomic E-state index is 0.0970. The van der Waals surface area contributed by atoms with Gasteiger partial charge in [0.25, 0.3) is 0 Å². The Morgan fingerprint density at radius 1 is 0.313 bits per heavy atom.